The number of pyridine rings is 7. The molecule has 0 saturated carbocycles. The number of nitro benzene ring substituents is 1. The lowest BCUT2D eigenvalue weighted by Crippen LogP contribution is -2.18. The number of ether oxygens (including phenoxy) is 8. The molecule has 0 unspecified atom stereocenters. The van der Waals surface area contributed by atoms with Crippen LogP contribution in [-0.4, -0.2) is 161 Å². The molecule has 0 saturated heterocycles. The summed E-state index contributed by atoms with van der Waals surface area (Å²) in [6.07, 6.45) is 1.81. The number of carbonyl (C=O) groups is 7. The molecule has 130 heavy (non-hydrogen) atoms. The monoisotopic (exact) mass is 1760 g/mol. The van der Waals surface area contributed by atoms with E-state index in [2.05, 4.69) is 41.9 Å². The lowest BCUT2D eigenvalue weighted by Gasteiger charge is -2.17. The van der Waals surface area contributed by atoms with Crippen molar-refractivity contribution in [3.8, 4) is 40.2 Å². The van der Waals surface area contributed by atoms with Crippen molar-refractivity contribution >= 4 is 158 Å². The lowest BCUT2D eigenvalue weighted by molar-refractivity contribution is -0.383. The number of aromatic nitrogens is 7. The second-order valence-corrected chi connectivity index (χ2v) is 31.5. The molecule has 0 atom stereocenters. The number of nitrogens with zero attached hydrogens (tertiary/aromatic N) is 8. The van der Waals surface area contributed by atoms with Crippen LogP contribution in [0.15, 0.2) is 170 Å². The van der Waals surface area contributed by atoms with Gasteiger partial charge < -0.3 is 92.7 Å². The fourth-order valence-electron chi connectivity index (χ4n) is 14.0. The van der Waals surface area contributed by atoms with Gasteiger partial charge in [0.25, 0.3) is 41.1 Å². The number of benzene rings is 7. The summed E-state index contributed by atoms with van der Waals surface area (Å²) in [5.41, 5.74) is 23.8. The Balaban J connectivity index is 0.770. The molecule has 0 aliphatic heterocycles. The minimum atomic E-state index is -0.774. The van der Waals surface area contributed by atoms with Crippen molar-refractivity contribution < 1.29 is 76.4 Å². The van der Waals surface area contributed by atoms with E-state index >= 15 is 19.2 Å². The molecule has 0 radical (unpaired) electrons. The van der Waals surface area contributed by atoms with Crippen molar-refractivity contribution in [3.05, 3.63) is 220 Å². The molecule has 7 aromatic heterocycles. The average molecular weight is 1760 g/mol. The summed E-state index contributed by atoms with van der Waals surface area (Å²) >= 11 is 0. The molecule has 7 heterocycles. The number of nitrogens with one attached hydrogen (secondary N) is 6. The van der Waals surface area contributed by atoms with Gasteiger partial charge in [-0.1, -0.05) is 84.0 Å². The summed E-state index contributed by atoms with van der Waals surface area (Å²) in [4.78, 5) is 148. The fraction of sp³-hybridized carbons (Fsp3) is 0.263. The quantitative estimate of drug-likeness (QED) is 0.00740. The Morgan fingerprint density at radius 3 is 0.723 bits per heavy atom. The third-order valence-corrected chi connectivity index (χ3v) is 20.2. The molecule has 35 nitrogen and oxygen atoms in total. The summed E-state index contributed by atoms with van der Waals surface area (Å²) in [5.74, 6) is -3.46. The Bertz CT molecular complexity index is 6730. The topological polar surface area (TPSA) is 503 Å². The summed E-state index contributed by atoms with van der Waals surface area (Å²) < 4.78 is 48.9. The summed E-state index contributed by atoms with van der Waals surface area (Å²) in [6, 6.07) is 44.5. The van der Waals surface area contributed by atoms with Gasteiger partial charge in [-0.25, -0.2) is 39.7 Å². The number of fused-ring (bicyclic) bond motifs is 7. The number of hydrogen-bond donors (Lipinski definition) is 10. The summed E-state index contributed by atoms with van der Waals surface area (Å²) in [7, 11) is 1.23. The van der Waals surface area contributed by atoms with Crippen molar-refractivity contribution in [1.29, 1.82) is 0 Å². The maximum atomic E-state index is 15.2. The van der Waals surface area contributed by atoms with E-state index in [1.54, 1.807) is 115 Å². The number of hydrogen-bond acceptors (Lipinski definition) is 28. The zero-order chi connectivity index (χ0) is 91.8. The first-order valence-corrected chi connectivity index (χ1v) is 42.3. The van der Waals surface area contributed by atoms with E-state index in [9.17, 15) is 24.5 Å². The number of rotatable bonds is 39. The van der Waals surface area contributed by atoms with Crippen LogP contribution in [0.1, 0.15) is 141 Å². The fourth-order valence-corrected chi connectivity index (χ4v) is 14.0. The number of para-hydroxylation sites is 7. The van der Waals surface area contributed by atoms with Gasteiger partial charge in [0, 0.05) is 86.2 Å². The van der Waals surface area contributed by atoms with Crippen LogP contribution in [0.3, 0.4) is 0 Å². The zero-order valence-corrected chi connectivity index (χ0v) is 72.3. The van der Waals surface area contributed by atoms with Crippen LogP contribution < -0.4 is 88.0 Å². The molecular formula is C95H96N18O17. The number of esters is 1. The maximum absolute atomic E-state index is 15.2. The first kappa shape index (κ1) is 90.8. The van der Waals surface area contributed by atoms with Crippen LogP contribution in [-0.2, 0) is 4.74 Å². The van der Waals surface area contributed by atoms with Gasteiger partial charge in [-0.15, -0.1) is 0 Å². The van der Waals surface area contributed by atoms with Crippen LogP contribution in [0.25, 0.3) is 76.3 Å². The third kappa shape index (κ3) is 20.8. The smallest absolute Gasteiger partial charge is 0.356 e. The lowest BCUT2D eigenvalue weighted by atomic mass is 10.1. The standard InChI is InChI=1S/C95H96N18O17/c1-51(2)48-128-79-44-70(92(117)108-62-27-9-20-55-76(125-38-16-34-97)43-69(101-83(55)62)91(116)110-65-30-13-24-59-80(129-49-52(3)4)45-71(104-86(59)65)93(118)112-66-31-11-22-57-78(127-40-18-36-99)47-73(95(120)123-7)106-87(57)66)103-85-58(79)23-12-29-64(85)109-90(115)68-42-75(124-37-15-33-96)54-19-8-26-61(82(54)100-68)107-89(114)67-41-77(126-39-17-35-98)56-21-10-28-63(84(56)102-67)111-94(119)72-46-81(130-50-53(5)6)60-25-14-32-74(113(121)122)88(60)105-72/h8-14,19-32,41-47,51-53H,15-18,33-40,48-50,96-99H2,1-7H3,(H,107,114)(H,108,117)(H,109,115)(H,110,116)(H,111,119)(H,112,118). The van der Waals surface area contributed by atoms with E-state index in [1.165, 1.54) is 61.7 Å². The Morgan fingerprint density at radius 2 is 0.508 bits per heavy atom. The first-order valence-electron chi connectivity index (χ1n) is 42.3. The highest BCUT2D eigenvalue weighted by molar-refractivity contribution is 6.18. The maximum Gasteiger partial charge on any atom is 0.356 e. The van der Waals surface area contributed by atoms with Crippen molar-refractivity contribution in [2.24, 2.45) is 40.7 Å². The number of methoxy groups -OCH3 is 1. The summed E-state index contributed by atoms with van der Waals surface area (Å²) in [5, 5.41) is 32.8. The molecule has 0 bridgehead atoms. The van der Waals surface area contributed by atoms with Crippen LogP contribution in [0, 0.1) is 27.9 Å². The van der Waals surface area contributed by atoms with E-state index in [1.807, 2.05) is 41.5 Å². The molecule has 0 aliphatic carbocycles. The normalized spacial score (nSPS) is 11.4. The summed E-state index contributed by atoms with van der Waals surface area (Å²) in [6.45, 7) is 14.2. The number of amides is 6. The highest BCUT2D eigenvalue weighted by atomic mass is 16.6. The minimum absolute atomic E-state index is 0.000208. The number of anilines is 6. The molecule has 668 valence electrons. The third-order valence-electron chi connectivity index (χ3n) is 20.2. The van der Waals surface area contributed by atoms with Crippen LogP contribution in [0.5, 0.6) is 40.2 Å². The Kier molecular flexibility index (Phi) is 28.9. The van der Waals surface area contributed by atoms with Crippen molar-refractivity contribution in [3.63, 3.8) is 0 Å². The number of carbonyl (C=O) groups excluding carboxylic acids is 7. The van der Waals surface area contributed by atoms with Crippen LogP contribution in [0.4, 0.5) is 39.8 Å². The Morgan fingerprint density at radius 1 is 0.308 bits per heavy atom. The van der Waals surface area contributed by atoms with Crippen molar-refractivity contribution in [1.82, 2.24) is 34.9 Å². The Labute approximate surface area is 744 Å². The van der Waals surface area contributed by atoms with Crippen molar-refractivity contribution in [2.75, 3.05) is 111 Å². The van der Waals surface area contributed by atoms with E-state index in [0.29, 0.717) is 75.7 Å². The molecule has 14 aromatic rings. The molecule has 0 spiro atoms. The average Bonchev–Trinajstić information content (AvgIpc) is 0.772. The van der Waals surface area contributed by atoms with Crippen LogP contribution >= 0.6 is 0 Å². The van der Waals surface area contributed by atoms with Gasteiger partial charge in [0.2, 0.25) is 0 Å². The van der Waals surface area contributed by atoms with Gasteiger partial charge in [0.1, 0.15) is 74.4 Å². The van der Waals surface area contributed by atoms with E-state index in [0.717, 1.165) is 0 Å². The number of nitrogens with two attached hydrogens (primary N) is 4. The van der Waals surface area contributed by atoms with Gasteiger partial charge in [-0.2, -0.15) is 0 Å². The van der Waals surface area contributed by atoms with E-state index < -0.39 is 46.3 Å². The molecule has 14 rings (SSSR count). The number of non-ortho nitro benzene ring substituents is 1. The van der Waals surface area contributed by atoms with Gasteiger partial charge >= 0.3 is 5.97 Å². The highest BCUT2D eigenvalue weighted by Crippen LogP contribution is 2.41. The van der Waals surface area contributed by atoms with Gasteiger partial charge in [-0.05, 0) is 148 Å². The molecule has 35 heteroatoms. The molecule has 6 amide bonds. The second-order valence-electron chi connectivity index (χ2n) is 31.5. The van der Waals surface area contributed by atoms with E-state index in [4.69, 9.17) is 85.7 Å². The molecule has 7 aromatic carbocycles. The van der Waals surface area contributed by atoms with Crippen LogP contribution in [0.2, 0.25) is 0 Å². The van der Waals surface area contributed by atoms with Gasteiger partial charge in [0.05, 0.1) is 126 Å². The highest BCUT2D eigenvalue weighted by Gasteiger charge is 2.29. The predicted molar refractivity (Wildman–Crippen MR) is 496 cm³/mol. The SMILES string of the molecule is COC(=O)c1cc(OCCCN)c2cccc(NC(=O)c3cc(OCC(C)C)c4cccc(NC(=O)c5cc(OCCCN)c6cccc(NC(=O)c7cc(OCC(C)C)c8cccc(NC(=O)c9cc(OCCCN)c%10cccc(NC(=O)c%11cc(OCCCN)c%12cccc(NC(=O)c%13cc(OCC(C)C)c%14cccc([N+](=O)[O-])c%14n%13)c%12n%11)c%10n9)c8n7)c6n5)c4n3)c2n1. The van der Waals surface area contributed by atoms with Crippen molar-refractivity contribution in [2.45, 2.75) is 67.2 Å². The molecule has 0 aliphatic rings. The van der Waals surface area contributed by atoms with E-state index in [-0.39, 0.29) is 236 Å². The molecule has 0 fully saturated rings. The Hall–Kier alpha value is -15.5. The largest absolute Gasteiger partial charge is 0.493 e. The number of nitro groups is 1. The first-order chi connectivity index (χ1) is 62.9. The molecule has 14 N–H and O–H groups in total. The minimum Gasteiger partial charge on any atom is -0.493 e. The van der Waals surface area contributed by atoms with Gasteiger partial charge in [-0.3, -0.25) is 38.9 Å². The zero-order valence-electron chi connectivity index (χ0n) is 72.3. The van der Waals surface area contributed by atoms with Gasteiger partial charge in [0.15, 0.2) is 11.2 Å². The molecular weight excluding hydrogens is 1670 g/mol. The second kappa shape index (κ2) is 41.3. The predicted octanol–water partition coefficient (Wildman–Crippen LogP) is 14.7.